The summed E-state index contributed by atoms with van der Waals surface area (Å²) >= 11 is 0. The third-order valence-corrected chi connectivity index (χ3v) is 5.89. The molecule has 0 atom stereocenters. The zero-order valence-electron chi connectivity index (χ0n) is 17.4. The topological polar surface area (TPSA) is 171 Å². The normalized spacial score (nSPS) is 10.9. The van der Waals surface area contributed by atoms with E-state index in [2.05, 4.69) is 10.0 Å². The number of amides is 1. The molecule has 0 fully saturated rings. The molecule has 0 radical (unpaired) electrons. The molecule has 0 heterocycles. The van der Waals surface area contributed by atoms with Gasteiger partial charge in [0.15, 0.2) is 0 Å². The van der Waals surface area contributed by atoms with Gasteiger partial charge in [0.25, 0.3) is 17.3 Å². The van der Waals surface area contributed by atoms with Crippen LogP contribution in [0.1, 0.15) is 10.4 Å². The Morgan fingerprint density at radius 1 is 0.853 bits per heavy atom. The molecule has 0 aliphatic carbocycles. The molecule has 3 aromatic rings. The number of benzene rings is 3. The lowest BCUT2D eigenvalue weighted by atomic mass is 10.1. The van der Waals surface area contributed by atoms with Crippen molar-refractivity contribution in [1.29, 1.82) is 0 Å². The first-order valence-electron chi connectivity index (χ1n) is 9.71. The smallest absolute Gasteiger partial charge is 0.270 e. The van der Waals surface area contributed by atoms with Crippen LogP contribution in [0.5, 0.6) is 11.5 Å². The highest BCUT2D eigenvalue weighted by molar-refractivity contribution is 7.89. The predicted octanol–water partition coefficient (Wildman–Crippen LogP) is 3.00. The molecule has 0 spiro atoms. The van der Waals surface area contributed by atoms with Gasteiger partial charge in [0, 0.05) is 37.4 Å². The van der Waals surface area contributed by atoms with Crippen molar-refractivity contribution >= 4 is 27.3 Å². The van der Waals surface area contributed by atoms with Gasteiger partial charge in [-0.3, -0.25) is 25.0 Å². The van der Waals surface area contributed by atoms with Crippen LogP contribution < -0.4 is 14.8 Å². The van der Waals surface area contributed by atoms with Crippen molar-refractivity contribution in [2.75, 3.05) is 13.1 Å². The zero-order chi connectivity index (χ0) is 24.7. The molecule has 34 heavy (non-hydrogen) atoms. The van der Waals surface area contributed by atoms with E-state index in [1.807, 2.05) is 0 Å². The Bertz CT molecular complexity index is 1330. The van der Waals surface area contributed by atoms with Crippen LogP contribution in [0.2, 0.25) is 0 Å². The number of hydrogen-bond acceptors (Lipinski definition) is 8. The average molecular weight is 486 g/mol. The van der Waals surface area contributed by atoms with Crippen molar-refractivity contribution < 1.29 is 27.8 Å². The first kappa shape index (κ1) is 24.3. The molecule has 0 saturated heterocycles. The first-order chi connectivity index (χ1) is 16.2. The van der Waals surface area contributed by atoms with Gasteiger partial charge in [-0.2, -0.15) is 0 Å². The van der Waals surface area contributed by atoms with Crippen LogP contribution in [0, 0.1) is 20.2 Å². The largest absolute Gasteiger partial charge is 0.457 e. The van der Waals surface area contributed by atoms with Crippen LogP contribution in [-0.2, 0) is 10.0 Å². The molecular weight excluding hydrogens is 468 g/mol. The molecule has 0 unspecified atom stereocenters. The maximum atomic E-state index is 12.7. The van der Waals surface area contributed by atoms with Crippen LogP contribution >= 0.6 is 0 Å². The Balaban J connectivity index is 1.68. The standard InChI is InChI=1S/C21H18N4O8S/c26-21(22-11-12-23-34(31,32)18-8-4-5-15(13-18)24(27)28)19-14-16(25(29)30)9-10-20(19)33-17-6-2-1-3-7-17/h1-10,13-14,23H,11-12H2,(H,22,26). The number of hydrogen-bond donors (Lipinski definition) is 2. The summed E-state index contributed by atoms with van der Waals surface area (Å²) in [6, 6.07) is 16.6. The second-order valence-electron chi connectivity index (χ2n) is 6.76. The molecule has 0 aliphatic rings. The molecule has 0 bridgehead atoms. The number of nitrogens with zero attached hydrogens (tertiary/aromatic N) is 2. The van der Waals surface area contributed by atoms with E-state index in [9.17, 15) is 33.4 Å². The SMILES string of the molecule is O=C(NCCNS(=O)(=O)c1cccc([N+](=O)[O-])c1)c1cc([N+](=O)[O-])ccc1Oc1ccccc1. The van der Waals surface area contributed by atoms with Crippen molar-refractivity contribution in [3.63, 3.8) is 0 Å². The summed E-state index contributed by atoms with van der Waals surface area (Å²) in [7, 11) is -4.07. The molecule has 3 aromatic carbocycles. The van der Waals surface area contributed by atoms with Crippen molar-refractivity contribution in [3.05, 3.63) is 98.6 Å². The third-order valence-electron chi connectivity index (χ3n) is 4.43. The van der Waals surface area contributed by atoms with Gasteiger partial charge in [0.2, 0.25) is 10.0 Å². The van der Waals surface area contributed by atoms with Gasteiger partial charge in [-0.15, -0.1) is 0 Å². The number of sulfonamides is 1. The maximum Gasteiger partial charge on any atom is 0.270 e. The highest BCUT2D eigenvalue weighted by atomic mass is 32.2. The maximum absolute atomic E-state index is 12.7. The summed E-state index contributed by atoms with van der Waals surface area (Å²) in [5, 5.41) is 24.4. The number of non-ortho nitro benzene ring substituents is 2. The van der Waals surface area contributed by atoms with E-state index in [1.54, 1.807) is 30.3 Å². The van der Waals surface area contributed by atoms with Crippen molar-refractivity contribution in [3.8, 4) is 11.5 Å². The van der Waals surface area contributed by atoms with E-state index in [4.69, 9.17) is 4.74 Å². The highest BCUT2D eigenvalue weighted by Gasteiger charge is 2.20. The number of carbonyl (C=O) groups is 1. The van der Waals surface area contributed by atoms with E-state index in [1.165, 1.54) is 24.3 Å². The summed E-state index contributed by atoms with van der Waals surface area (Å²) < 4.78 is 32.6. The molecular formula is C21H18N4O8S. The minimum absolute atomic E-state index is 0.0754. The lowest BCUT2D eigenvalue weighted by Crippen LogP contribution is -2.34. The molecule has 0 aliphatic heterocycles. The number of carbonyl (C=O) groups excluding carboxylic acids is 1. The van der Waals surface area contributed by atoms with Crippen molar-refractivity contribution in [2.45, 2.75) is 4.90 Å². The predicted molar refractivity (Wildman–Crippen MR) is 120 cm³/mol. The van der Waals surface area contributed by atoms with Crippen molar-refractivity contribution in [1.82, 2.24) is 10.0 Å². The summed E-state index contributed by atoms with van der Waals surface area (Å²) in [4.78, 5) is 33.0. The Morgan fingerprint density at radius 3 is 2.21 bits per heavy atom. The Labute approximate surface area is 193 Å². The van der Waals surface area contributed by atoms with Crippen molar-refractivity contribution in [2.24, 2.45) is 0 Å². The number of nitro benzene ring substituents is 2. The van der Waals surface area contributed by atoms with Gasteiger partial charge >= 0.3 is 0 Å². The fraction of sp³-hybridized carbons (Fsp3) is 0.0952. The number of ether oxygens (including phenoxy) is 1. The van der Waals surface area contributed by atoms with E-state index in [-0.39, 0.29) is 40.7 Å². The van der Waals surface area contributed by atoms with Crippen LogP contribution in [0.3, 0.4) is 0 Å². The monoisotopic (exact) mass is 486 g/mol. The first-order valence-corrected chi connectivity index (χ1v) is 11.2. The third kappa shape index (κ3) is 6.11. The fourth-order valence-electron chi connectivity index (χ4n) is 2.82. The van der Waals surface area contributed by atoms with Crippen LogP contribution in [0.15, 0.2) is 77.7 Å². The fourth-order valence-corrected chi connectivity index (χ4v) is 3.89. The molecule has 0 saturated carbocycles. The molecule has 1 amide bonds. The van der Waals surface area contributed by atoms with Crippen LogP contribution in [-0.4, -0.2) is 37.3 Å². The summed E-state index contributed by atoms with van der Waals surface area (Å²) in [6.07, 6.45) is 0. The van der Waals surface area contributed by atoms with E-state index in [0.29, 0.717) is 5.75 Å². The highest BCUT2D eigenvalue weighted by Crippen LogP contribution is 2.28. The molecule has 2 N–H and O–H groups in total. The Kier molecular flexibility index (Phi) is 7.50. The molecule has 3 rings (SSSR count). The van der Waals surface area contributed by atoms with E-state index >= 15 is 0 Å². The van der Waals surface area contributed by atoms with Gasteiger partial charge in [0.05, 0.1) is 20.3 Å². The summed E-state index contributed by atoms with van der Waals surface area (Å²) in [5.74, 6) is -0.231. The second kappa shape index (κ2) is 10.5. The van der Waals surface area contributed by atoms with Gasteiger partial charge in [-0.1, -0.05) is 24.3 Å². The molecule has 0 aromatic heterocycles. The lowest BCUT2D eigenvalue weighted by Gasteiger charge is -2.12. The summed E-state index contributed by atoms with van der Waals surface area (Å²) in [6.45, 7) is -0.402. The molecule has 12 nitrogen and oxygen atoms in total. The number of nitro groups is 2. The zero-order valence-corrected chi connectivity index (χ0v) is 18.2. The van der Waals surface area contributed by atoms with Crippen LogP contribution in [0.4, 0.5) is 11.4 Å². The minimum atomic E-state index is -4.07. The minimum Gasteiger partial charge on any atom is -0.457 e. The summed E-state index contributed by atoms with van der Waals surface area (Å²) in [5.41, 5.74) is -0.815. The molecule has 13 heteroatoms. The average Bonchev–Trinajstić information content (AvgIpc) is 2.82. The van der Waals surface area contributed by atoms with E-state index < -0.39 is 25.8 Å². The second-order valence-corrected chi connectivity index (χ2v) is 8.53. The van der Waals surface area contributed by atoms with Gasteiger partial charge < -0.3 is 10.1 Å². The Hall–Kier alpha value is -4.36. The van der Waals surface area contributed by atoms with E-state index in [0.717, 1.165) is 18.2 Å². The van der Waals surface area contributed by atoms with Gasteiger partial charge in [-0.05, 0) is 24.3 Å². The molecule has 176 valence electrons. The number of nitrogens with one attached hydrogen (secondary N) is 2. The lowest BCUT2D eigenvalue weighted by molar-refractivity contribution is -0.385. The van der Waals surface area contributed by atoms with Crippen LogP contribution in [0.25, 0.3) is 0 Å². The number of rotatable bonds is 10. The van der Waals surface area contributed by atoms with Gasteiger partial charge in [-0.25, -0.2) is 13.1 Å². The number of para-hydroxylation sites is 1. The quantitative estimate of drug-likeness (QED) is 0.250. The van der Waals surface area contributed by atoms with Gasteiger partial charge in [0.1, 0.15) is 11.5 Å². The Morgan fingerprint density at radius 2 is 1.53 bits per heavy atom.